The van der Waals surface area contributed by atoms with Crippen LogP contribution in [0.1, 0.15) is 34.6 Å². The molecule has 3 rings (SSSR count). The molecule has 0 radical (unpaired) electrons. The molecule has 1 saturated heterocycles. The Kier molecular flexibility index (Phi) is 4.16. The number of carbonyl (C=O) groups excluding carboxylic acids is 3. The maximum atomic E-state index is 12.7. The molecule has 2 aromatic rings. The molecule has 0 aliphatic carbocycles. The Labute approximate surface area is 140 Å². The van der Waals surface area contributed by atoms with Gasteiger partial charge in [-0.1, -0.05) is 0 Å². The van der Waals surface area contributed by atoms with Crippen molar-refractivity contribution in [2.24, 2.45) is 0 Å². The van der Waals surface area contributed by atoms with Gasteiger partial charge in [0.25, 0.3) is 0 Å². The minimum absolute atomic E-state index is 0.00138. The number of nitrogens with zero attached hydrogens (tertiary/aromatic N) is 2. The van der Waals surface area contributed by atoms with E-state index in [4.69, 9.17) is 0 Å². The van der Waals surface area contributed by atoms with Crippen LogP contribution in [0.25, 0.3) is 0 Å². The van der Waals surface area contributed by atoms with Crippen molar-refractivity contribution < 1.29 is 14.4 Å². The maximum absolute atomic E-state index is 12.7. The summed E-state index contributed by atoms with van der Waals surface area (Å²) in [7, 11) is 0. The molecule has 1 heterocycles. The van der Waals surface area contributed by atoms with Gasteiger partial charge in [0, 0.05) is 35.6 Å². The third-order valence-corrected chi connectivity index (χ3v) is 4.18. The largest absolute Gasteiger partial charge is 0.329 e. The minimum atomic E-state index is -0.110. The van der Waals surface area contributed by atoms with E-state index in [2.05, 4.69) is 0 Å². The van der Waals surface area contributed by atoms with Crippen molar-refractivity contribution in [1.82, 2.24) is 0 Å². The topological polar surface area (TPSA) is 57.7 Å². The number of hydrogen-bond acceptors (Lipinski definition) is 3. The molecular formula is C19H18N2O3. The average Bonchev–Trinajstić information content (AvgIpc) is 2.96. The molecule has 0 bridgehead atoms. The molecule has 0 spiro atoms. The number of rotatable bonds is 4. The Morgan fingerprint density at radius 3 is 1.33 bits per heavy atom. The van der Waals surface area contributed by atoms with Crippen molar-refractivity contribution in [2.75, 3.05) is 22.9 Å². The van der Waals surface area contributed by atoms with E-state index in [0.717, 1.165) is 11.4 Å². The summed E-state index contributed by atoms with van der Waals surface area (Å²) in [6, 6.07) is 14.0. The van der Waals surface area contributed by atoms with E-state index >= 15 is 0 Å². The average molecular weight is 322 g/mol. The molecule has 0 saturated carbocycles. The molecule has 0 aromatic heterocycles. The van der Waals surface area contributed by atoms with Crippen LogP contribution >= 0.6 is 0 Å². The van der Waals surface area contributed by atoms with E-state index in [0.29, 0.717) is 24.2 Å². The molecule has 2 amide bonds. The molecule has 0 N–H and O–H groups in total. The van der Waals surface area contributed by atoms with E-state index in [1.807, 2.05) is 0 Å². The molecule has 2 aromatic carbocycles. The van der Waals surface area contributed by atoms with Gasteiger partial charge >= 0.3 is 6.03 Å². The van der Waals surface area contributed by atoms with Crippen LogP contribution in [0, 0.1) is 0 Å². The lowest BCUT2D eigenvalue weighted by Crippen LogP contribution is -2.31. The molecule has 1 aliphatic heterocycles. The number of ketones is 2. The Morgan fingerprint density at radius 2 is 1.04 bits per heavy atom. The molecular weight excluding hydrogens is 304 g/mol. The van der Waals surface area contributed by atoms with Crippen LogP contribution in [0.15, 0.2) is 48.5 Å². The van der Waals surface area contributed by atoms with Crippen LogP contribution in [-0.4, -0.2) is 30.7 Å². The Hall–Kier alpha value is -2.95. The zero-order chi connectivity index (χ0) is 17.3. The second-order valence-corrected chi connectivity index (χ2v) is 5.79. The second-order valence-electron chi connectivity index (χ2n) is 5.79. The molecule has 0 unspecified atom stereocenters. The standard InChI is InChI=1S/C19H18N2O3/c1-13(22)15-3-7-17(8-4-15)20-11-12-21(19(20)24)18-9-5-16(6-10-18)14(2)23/h3-10H,11-12H2,1-2H3. The summed E-state index contributed by atoms with van der Waals surface area (Å²) < 4.78 is 0. The van der Waals surface area contributed by atoms with Gasteiger partial charge in [0.2, 0.25) is 0 Å². The second kappa shape index (κ2) is 6.28. The number of hydrogen-bond donors (Lipinski definition) is 0. The zero-order valence-corrected chi connectivity index (χ0v) is 13.7. The summed E-state index contributed by atoms with van der Waals surface area (Å²) in [5.74, 6) is 0.00275. The smallest absolute Gasteiger partial charge is 0.295 e. The first-order valence-electron chi connectivity index (χ1n) is 7.78. The number of urea groups is 1. The van der Waals surface area contributed by atoms with Gasteiger partial charge in [0.15, 0.2) is 11.6 Å². The van der Waals surface area contributed by atoms with E-state index in [9.17, 15) is 14.4 Å². The van der Waals surface area contributed by atoms with Crippen LogP contribution in [0.3, 0.4) is 0 Å². The highest BCUT2D eigenvalue weighted by atomic mass is 16.2. The molecule has 24 heavy (non-hydrogen) atoms. The van der Waals surface area contributed by atoms with Gasteiger partial charge in [-0.15, -0.1) is 0 Å². The number of Topliss-reactive ketones (excluding diaryl/α,β-unsaturated/α-hetero) is 2. The van der Waals surface area contributed by atoms with E-state index in [-0.39, 0.29) is 17.6 Å². The van der Waals surface area contributed by atoms with Gasteiger partial charge in [-0.2, -0.15) is 0 Å². The van der Waals surface area contributed by atoms with Crippen molar-refractivity contribution in [3.63, 3.8) is 0 Å². The highest BCUT2D eigenvalue weighted by Crippen LogP contribution is 2.25. The van der Waals surface area contributed by atoms with Crippen molar-refractivity contribution in [1.29, 1.82) is 0 Å². The molecule has 5 heteroatoms. The van der Waals surface area contributed by atoms with Crippen LogP contribution in [0.2, 0.25) is 0 Å². The lowest BCUT2D eigenvalue weighted by molar-refractivity contribution is 0.100. The van der Waals surface area contributed by atoms with Crippen molar-refractivity contribution in [3.05, 3.63) is 59.7 Å². The highest BCUT2D eigenvalue weighted by Gasteiger charge is 2.30. The highest BCUT2D eigenvalue weighted by molar-refractivity contribution is 6.06. The van der Waals surface area contributed by atoms with Crippen molar-refractivity contribution in [2.45, 2.75) is 13.8 Å². The van der Waals surface area contributed by atoms with Crippen LogP contribution in [0.5, 0.6) is 0 Å². The lowest BCUT2D eigenvalue weighted by Gasteiger charge is -2.19. The fourth-order valence-electron chi connectivity index (χ4n) is 2.77. The molecule has 1 aliphatic rings. The Balaban J connectivity index is 1.79. The Bertz CT molecular complexity index is 727. The fraction of sp³-hybridized carbons (Fsp3) is 0.211. The summed E-state index contributed by atoms with van der Waals surface area (Å²) >= 11 is 0. The van der Waals surface area contributed by atoms with Crippen LogP contribution in [-0.2, 0) is 0 Å². The van der Waals surface area contributed by atoms with Crippen LogP contribution < -0.4 is 9.80 Å². The normalized spacial score (nSPS) is 14.2. The fourth-order valence-corrected chi connectivity index (χ4v) is 2.77. The zero-order valence-electron chi connectivity index (χ0n) is 13.7. The van der Waals surface area contributed by atoms with E-state index in [1.165, 1.54) is 13.8 Å². The third-order valence-electron chi connectivity index (χ3n) is 4.18. The number of benzene rings is 2. The van der Waals surface area contributed by atoms with Gasteiger partial charge in [-0.05, 0) is 62.4 Å². The summed E-state index contributed by atoms with van der Waals surface area (Å²) in [6.07, 6.45) is 0. The summed E-state index contributed by atoms with van der Waals surface area (Å²) in [4.78, 5) is 38.7. The van der Waals surface area contributed by atoms with Gasteiger partial charge in [0.05, 0.1) is 0 Å². The monoisotopic (exact) mass is 322 g/mol. The summed E-state index contributed by atoms with van der Waals surface area (Å²) in [5, 5.41) is 0. The van der Waals surface area contributed by atoms with Crippen molar-refractivity contribution >= 4 is 29.0 Å². The molecule has 122 valence electrons. The van der Waals surface area contributed by atoms with Gasteiger partial charge < -0.3 is 0 Å². The first kappa shape index (κ1) is 15.9. The SMILES string of the molecule is CC(=O)c1ccc(N2CCN(c3ccc(C(C)=O)cc3)C2=O)cc1. The molecule has 0 atom stereocenters. The predicted octanol–water partition coefficient (Wildman–Crippen LogP) is 3.54. The number of anilines is 2. The van der Waals surface area contributed by atoms with Gasteiger partial charge in [-0.25, -0.2) is 4.79 Å². The number of amides is 2. The summed E-state index contributed by atoms with van der Waals surface area (Å²) in [5.41, 5.74) is 2.80. The third kappa shape index (κ3) is 2.93. The first-order chi connectivity index (χ1) is 11.5. The van der Waals surface area contributed by atoms with Crippen LogP contribution in [0.4, 0.5) is 16.2 Å². The predicted molar refractivity (Wildman–Crippen MR) is 93.0 cm³/mol. The maximum Gasteiger partial charge on any atom is 0.329 e. The minimum Gasteiger partial charge on any atom is -0.295 e. The van der Waals surface area contributed by atoms with E-state index < -0.39 is 0 Å². The summed E-state index contributed by atoms with van der Waals surface area (Å²) in [6.45, 7) is 4.18. The lowest BCUT2D eigenvalue weighted by atomic mass is 10.1. The molecule has 1 fully saturated rings. The van der Waals surface area contributed by atoms with Gasteiger partial charge in [0.1, 0.15) is 0 Å². The van der Waals surface area contributed by atoms with Crippen molar-refractivity contribution in [3.8, 4) is 0 Å². The Morgan fingerprint density at radius 1 is 0.708 bits per heavy atom. The molecule has 5 nitrogen and oxygen atoms in total. The van der Waals surface area contributed by atoms with E-state index in [1.54, 1.807) is 58.3 Å². The first-order valence-corrected chi connectivity index (χ1v) is 7.78. The van der Waals surface area contributed by atoms with Gasteiger partial charge in [-0.3, -0.25) is 19.4 Å². The number of carbonyl (C=O) groups is 3. The quantitative estimate of drug-likeness (QED) is 0.809.